The maximum Gasteiger partial charge on any atom is 0.255 e. The number of alkyl halides is 1. The van der Waals surface area contributed by atoms with Gasteiger partial charge in [-0.15, -0.1) is 11.3 Å². The molecule has 1 heterocycles. The maximum absolute atomic E-state index is 12.6. The van der Waals surface area contributed by atoms with Gasteiger partial charge in [0.2, 0.25) is 0 Å². The fraction of sp³-hybridized carbons (Fsp3) is 0.188. The molecule has 0 aliphatic heterocycles. The van der Waals surface area contributed by atoms with Gasteiger partial charge in [-0.1, -0.05) is 48.0 Å². The smallest absolute Gasteiger partial charge is 0.255 e. The second-order valence-electron chi connectivity index (χ2n) is 4.24. The molecule has 20 heavy (non-hydrogen) atoms. The molecule has 0 radical (unpaired) electrons. The SMILES string of the molecule is C/C=C/CN(C(=O)c1ccccc1)C(Cl)c1cccs1. The molecule has 1 aromatic heterocycles. The van der Waals surface area contributed by atoms with E-state index in [4.69, 9.17) is 11.6 Å². The van der Waals surface area contributed by atoms with Crippen molar-refractivity contribution in [3.8, 4) is 0 Å². The molecule has 0 aliphatic carbocycles. The van der Waals surface area contributed by atoms with Crippen molar-refractivity contribution in [1.29, 1.82) is 0 Å². The molecule has 0 saturated heterocycles. The van der Waals surface area contributed by atoms with Crippen molar-refractivity contribution in [3.63, 3.8) is 0 Å². The minimum Gasteiger partial charge on any atom is -0.314 e. The van der Waals surface area contributed by atoms with Crippen LogP contribution in [0, 0.1) is 0 Å². The summed E-state index contributed by atoms with van der Waals surface area (Å²) in [6.45, 7) is 2.43. The Morgan fingerprint density at radius 1 is 1.30 bits per heavy atom. The van der Waals surface area contributed by atoms with Crippen LogP contribution in [0.1, 0.15) is 27.7 Å². The lowest BCUT2D eigenvalue weighted by molar-refractivity contribution is 0.0755. The van der Waals surface area contributed by atoms with Gasteiger partial charge in [-0.05, 0) is 30.5 Å². The van der Waals surface area contributed by atoms with Gasteiger partial charge in [0.25, 0.3) is 5.91 Å². The lowest BCUT2D eigenvalue weighted by Crippen LogP contribution is -2.32. The average Bonchev–Trinajstić information content (AvgIpc) is 3.02. The highest BCUT2D eigenvalue weighted by Crippen LogP contribution is 2.30. The molecular formula is C16H16ClNOS. The number of carbonyl (C=O) groups is 1. The quantitative estimate of drug-likeness (QED) is 0.445. The Balaban J connectivity index is 2.25. The van der Waals surface area contributed by atoms with E-state index in [0.717, 1.165) is 4.88 Å². The molecule has 2 aromatic rings. The summed E-state index contributed by atoms with van der Waals surface area (Å²) in [5.41, 5.74) is 0.207. The molecule has 4 heteroatoms. The third-order valence-corrected chi connectivity index (χ3v) is 4.40. The van der Waals surface area contributed by atoms with Gasteiger partial charge in [0, 0.05) is 17.0 Å². The third-order valence-electron chi connectivity index (χ3n) is 2.87. The zero-order valence-electron chi connectivity index (χ0n) is 11.2. The van der Waals surface area contributed by atoms with Crippen molar-refractivity contribution < 1.29 is 4.79 Å². The van der Waals surface area contributed by atoms with E-state index >= 15 is 0 Å². The first-order valence-electron chi connectivity index (χ1n) is 6.38. The van der Waals surface area contributed by atoms with Crippen LogP contribution in [0.4, 0.5) is 0 Å². The van der Waals surface area contributed by atoms with Crippen LogP contribution >= 0.6 is 22.9 Å². The van der Waals surface area contributed by atoms with E-state index in [9.17, 15) is 4.79 Å². The summed E-state index contributed by atoms with van der Waals surface area (Å²) in [6.07, 6.45) is 3.85. The number of nitrogens with zero attached hydrogens (tertiary/aromatic N) is 1. The van der Waals surface area contributed by atoms with Crippen molar-refractivity contribution in [2.75, 3.05) is 6.54 Å². The molecule has 2 nitrogen and oxygen atoms in total. The van der Waals surface area contributed by atoms with E-state index in [2.05, 4.69) is 0 Å². The van der Waals surface area contributed by atoms with Gasteiger partial charge in [-0.25, -0.2) is 0 Å². The van der Waals surface area contributed by atoms with Crippen LogP contribution in [0.25, 0.3) is 0 Å². The number of halogens is 1. The average molecular weight is 306 g/mol. The van der Waals surface area contributed by atoms with Crippen LogP contribution in [0.3, 0.4) is 0 Å². The molecule has 2 rings (SSSR count). The number of benzene rings is 1. The van der Waals surface area contributed by atoms with Crippen molar-refractivity contribution >= 4 is 28.8 Å². The highest BCUT2D eigenvalue weighted by molar-refractivity contribution is 7.10. The summed E-state index contributed by atoms with van der Waals surface area (Å²) < 4.78 is 0. The van der Waals surface area contributed by atoms with E-state index in [-0.39, 0.29) is 5.91 Å². The summed E-state index contributed by atoms with van der Waals surface area (Å²) >= 11 is 8.03. The molecule has 104 valence electrons. The summed E-state index contributed by atoms with van der Waals surface area (Å²) in [4.78, 5) is 15.2. The topological polar surface area (TPSA) is 20.3 Å². The monoisotopic (exact) mass is 305 g/mol. The van der Waals surface area contributed by atoms with Gasteiger partial charge in [-0.3, -0.25) is 4.79 Å². The number of rotatable bonds is 5. The zero-order chi connectivity index (χ0) is 14.4. The third kappa shape index (κ3) is 3.50. The van der Waals surface area contributed by atoms with Gasteiger partial charge >= 0.3 is 0 Å². The van der Waals surface area contributed by atoms with E-state index in [1.165, 1.54) is 0 Å². The predicted octanol–water partition coefficient (Wildman–Crippen LogP) is 4.70. The molecule has 0 aliphatic rings. The van der Waals surface area contributed by atoms with E-state index in [1.807, 2.05) is 66.9 Å². The largest absolute Gasteiger partial charge is 0.314 e. The van der Waals surface area contributed by atoms with E-state index in [0.29, 0.717) is 12.1 Å². The normalized spacial score (nSPS) is 12.5. The first-order chi connectivity index (χ1) is 9.74. The summed E-state index contributed by atoms with van der Waals surface area (Å²) in [5.74, 6) is -0.0582. The van der Waals surface area contributed by atoms with Crippen molar-refractivity contribution in [3.05, 3.63) is 70.4 Å². The summed E-state index contributed by atoms with van der Waals surface area (Å²) in [7, 11) is 0. The Hall–Kier alpha value is -1.58. The van der Waals surface area contributed by atoms with Crippen LogP contribution in [0.2, 0.25) is 0 Å². The molecular weight excluding hydrogens is 290 g/mol. The van der Waals surface area contributed by atoms with Crippen LogP contribution in [-0.2, 0) is 0 Å². The molecule has 0 saturated carbocycles. The Labute approximate surface area is 128 Å². The van der Waals surface area contributed by atoms with Crippen molar-refractivity contribution in [2.45, 2.75) is 12.4 Å². The number of carbonyl (C=O) groups excluding carboxylic acids is 1. The maximum atomic E-state index is 12.6. The van der Waals surface area contributed by atoms with Gasteiger partial charge in [0.1, 0.15) is 5.50 Å². The van der Waals surface area contributed by atoms with Crippen LogP contribution in [-0.4, -0.2) is 17.4 Å². The van der Waals surface area contributed by atoms with Crippen LogP contribution < -0.4 is 0 Å². The molecule has 1 aromatic carbocycles. The number of amides is 1. The highest BCUT2D eigenvalue weighted by atomic mass is 35.5. The van der Waals surface area contributed by atoms with Gasteiger partial charge in [-0.2, -0.15) is 0 Å². The Morgan fingerprint density at radius 3 is 2.65 bits per heavy atom. The molecule has 0 fully saturated rings. The van der Waals surface area contributed by atoms with Gasteiger partial charge in [0.05, 0.1) is 0 Å². The van der Waals surface area contributed by atoms with Crippen LogP contribution in [0.5, 0.6) is 0 Å². The first-order valence-corrected chi connectivity index (χ1v) is 7.70. The molecule has 0 bridgehead atoms. The molecule has 1 atom stereocenters. The highest BCUT2D eigenvalue weighted by Gasteiger charge is 2.23. The summed E-state index contributed by atoms with van der Waals surface area (Å²) in [6, 6.07) is 13.1. The fourth-order valence-corrected chi connectivity index (χ4v) is 2.93. The van der Waals surface area contributed by atoms with Crippen molar-refractivity contribution in [2.24, 2.45) is 0 Å². The van der Waals surface area contributed by atoms with Crippen LogP contribution in [0.15, 0.2) is 60.0 Å². The van der Waals surface area contributed by atoms with Gasteiger partial charge < -0.3 is 4.90 Å². The van der Waals surface area contributed by atoms with E-state index < -0.39 is 5.50 Å². The number of hydrogen-bond donors (Lipinski definition) is 0. The Kier molecular flexibility index (Phi) is 5.39. The minimum absolute atomic E-state index is 0.0582. The second-order valence-corrected chi connectivity index (χ2v) is 5.64. The lowest BCUT2D eigenvalue weighted by atomic mass is 10.2. The Morgan fingerprint density at radius 2 is 2.05 bits per heavy atom. The van der Waals surface area contributed by atoms with Crippen molar-refractivity contribution in [1.82, 2.24) is 4.90 Å². The first kappa shape index (κ1) is 14.8. The summed E-state index contributed by atoms with van der Waals surface area (Å²) in [5, 5.41) is 1.96. The van der Waals surface area contributed by atoms with E-state index in [1.54, 1.807) is 16.2 Å². The molecule has 1 amide bonds. The Bertz CT molecular complexity index is 565. The molecule has 0 spiro atoms. The lowest BCUT2D eigenvalue weighted by Gasteiger charge is -2.26. The minimum atomic E-state index is -0.445. The standard InChI is InChI=1S/C16H16ClNOS/c1-2-3-11-18(15(17)14-10-7-12-20-14)16(19)13-8-5-4-6-9-13/h2-10,12,15H,11H2,1H3/b3-2+. The predicted molar refractivity (Wildman–Crippen MR) is 85.2 cm³/mol. The zero-order valence-corrected chi connectivity index (χ0v) is 12.8. The number of allylic oxidation sites excluding steroid dienone is 1. The second kappa shape index (κ2) is 7.27. The fourth-order valence-electron chi connectivity index (χ4n) is 1.82. The number of hydrogen-bond acceptors (Lipinski definition) is 2. The molecule has 0 N–H and O–H groups in total. The van der Waals surface area contributed by atoms with Gasteiger partial charge in [0.15, 0.2) is 0 Å². The molecule has 1 unspecified atom stereocenters. The number of thiophene rings is 1.